The number of amides is 3. The predicted octanol–water partition coefficient (Wildman–Crippen LogP) is 3.03. The fraction of sp³-hybridized carbons (Fsp3) is 0.263. The predicted molar refractivity (Wildman–Crippen MR) is 96.2 cm³/mol. The van der Waals surface area contributed by atoms with Gasteiger partial charge in [0.25, 0.3) is 0 Å². The number of anilines is 2. The Balaban J connectivity index is 1.50. The normalized spacial score (nSPS) is 14.4. The summed E-state index contributed by atoms with van der Waals surface area (Å²) in [5.74, 6) is -0.361. The molecule has 0 spiro atoms. The molecule has 136 valence electrons. The maximum absolute atomic E-state index is 13.2. The Morgan fingerprint density at radius 3 is 2.46 bits per heavy atom. The van der Waals surface area contributed by atoms with Gasteiger partial charge in [0.05, 0.1) is 6.10 Å². The highest BCUT2D eigenvalue weighted by Crippen LogP contribution is 2.30. The molecule has 0 radical (unpaired) electrons. The molecule has 1 fully saturated rings. The number of halogens is 1. The highest BCUT2D eigenvalue weighted by atomic mass is 19.1. The number of hydrogen-bond acceptors (Lipinski definition) is 3. The summed E-state index contributed by atoms with van der Waals surface area (Å²) in [4.78, 5) is 23.8. The summed E-state index contributed by atoms with van der Waals surface area (Å²) in [5, 5.41) is 18.0. The Kier molecular flexibility index (Phi) is 5.48. The van der Waals surface area contributed by atoms with E-state index in [9.17, 15) is 19.1 Å². The van der Waals surface area contributed by atoms with E-state index in [1.165, 1.54) is 18.2 Å². The number of rotatable bonds is 6. The molecule has 0 aliphatic heterocycles. The summed E-state index contributed by atoms with van der Waals surface area (Å²) in [5.41, 5.74) is 1.51. The average molecular weight is 357 g/mol. The molecule has 3 rings (SSSR count). The number of carbonyl (C=O) groups is 2. The van der Waals surface area contributed by atoms with Gasteiger partial charge in [-0.25, -0.2) is 9.18 Å². The molecule has 1 atom stereocenters. The SMILES string of the molecule is O=C(NCC(O)c1cccc(F)c1)Nc1cccc(NC(=O)C2CC2)c1. The van der Waals surface area contributed by atoms with Crippen LogP contribution in [0.2, 0.25) is 0 Å². The molecule has 7 heteroatoms. The second-order valence-corrected chi connectivity index (χ2v) is 6.25. The third-order valence-corrected chi connectivity index (χ3v) is 4.03. The molecular formula is C19H20FN3O3. The molecule has 0 saturated heterocycles. The maximum Gasteiger partial charge on any atom is 0.319 e. The number of benzene rings is 2. The van der Waals surface area contributed by atoms with Crippen LogP contribution < -0.4 is 16.0 Å². The molecule has 1 saturated carbocycles. The largest absolute Gasteiger partial charge is 0.387 e. The lowest BCUT2D eigenvalue weighted by atomic mass is 10.1. The number of aliphatic hydroxyl groups excluding tert-OH is 1. The fourth-order valence-corrected chi connectivity index (χ4v) is 2.46. The minimum Gasteiger partial charge on any atom is -0.387 e. The first kappa shape index (κ1) is 17.9. The van der Waals surface area contributed by atoms with Crippen LogP contribution in [0.25, 0.3) is 0 Å². The minimum absolute atomic E-state index is 0.00943. The summed E-state index contributed by atoms with van der Waals surface area (Å²) in [7, 11) is 0. The molecule has 2 aromatic rings. The summed E-state index contributed by atoms with van der Waals surface area (Å²) >= 11 is 0. The van der Waals surface area contributed by atoms with Crippen molar-refractivity contribution in [1.29, 1.82) is 0 Å². The topological polar surface area (TPSA) is 90.5 Å². The molecule has 26 heavy (non-hydrogen) atoms. The number of urea groups is 1. The Labute approximate surface area is 150 Å². The van der Waals surface area contributed by atoms with Gasteiger partial charge in [0, 0.05) is 23.8 Å². The standard InChI is InChI=1S/C19H20FN3O3/c20-14-4-1-3-13(9-14)17(24)11-21-19(26)23-16-6-2-5-15(10-16)22-18(25)12-7-8-12/h1-6,9-10,12,17,24H,7-8,11H2,(H,22,25)(H2,21,23,26). The van der Waals surface area contributed by atoms with Gasteiger partial charge < -0.3 is 21.1 Å². The van der Waals surface area contributed by atoms with Crippen LogP contribution in [0.15, 0.2) is 48.5 Å². The maximum atomic E-state index is 13.2. The zero-order valence-corrected chi connectivity index (χ0v) is 14.0. The van der Waals surface area contributed by atoms with E-state index in [1.54, 1.807) is 30.3 Å². The van der Waals surface area contributed by atoms with E-state index in [0.29, 0.717) is 16.9 Å². The van der Waals surface area contributed by atoms with Crippen molar-refractivity contribution in [2.24, 2.45) is 5.92 Å². The third kappa shape index (κ3) is 5.03. The van der Waals surface area contributed by atoms with Crippen LogP contribution in [0.4, 0.5) is 20.6 Å². The molecule has 0 heterocycles. The molecular weight excluding hydrogens is 337 g/mol. The monoisotopic (exact) mass is 357 g/mol. The van der Waals surface area contributed by atoms with E-state index >= 15 is 0 Å². The first-order chi connectivity index (χ1) is 12.5. The van der Waals surface area contributed by atoms with Crippen molar-refractivity contribution < 1.29 is 19.1 Å². The van der Waals surface area contributed by atoms with E-state index in [2.05, 4.69) is 16.0 Å². The van der Waals surface area contributed by atoms with Gasteiger partial charge in [0.1, 0.15) is 5.82 Å². The third-order valence-electron chi connectivity index (χ3n) is 4.03. The van der Waals surface area contributed by atoms with E-state index < -0.39 is 18.0 Å². The molecule has 3 amide bonds. The van der Waals surface area contributed by atoms with E-state index in [0.717, 1.165) is 12.8 Å². The van der Waals surface area contributed by atoms with Crippen LogP contribution in [0, 0.1) is 11.7 Å². The van der Waals surface area contributed by atoms with Crippen molar-refractivity contribution in [3.63, 3.8) is 0 Å². The van der Waals surface area contributed by atoms with Crippen molar-refractivity contribution in [3.8, 4) is 0 Å². The molecule has 1 aliphatic carbocycles. The van der Waals surface area contributed by atoms with Gasteiger partial charge >= 0.3 is 6.03 Å². The Hall–Kier alpha value is -2.93. The lowest BCUT2D eigenvalue weighted by Gasteiger charge is -2.13. The van der Waals surface area contributed by atoms with Crippen molar-refractivity contribution in [2.75, 3.05) is 17.2 Å². The number of carbonyl (C=O) groups excluding carboxylic acids is 2. The zero-order chi connectivity index (χ0) is 18.5. The summed E-state index contributed by atoms with van der Waals surface area (Å²) in [6.07, 6.45) is 0.820. The van der Waals surface area contributed by atoms with Crippen LogP contribution in [0.5, 0.6) is 0 Å². The first-order valence-corrected chi connectivity index (χ1v) is 8.40. The molecule has 1 unspecified atom stereocenters. The Morgan fingerprint density at radius 2 is 1.77 bits per heavy atom. The Bertz CT molecular complexity index is 808. The van der Waals surface area contributed by atoms with Crippen LogP contribution in [-0.4, -0.2) is 23.6 Å². The second-order valence-electron chi connectivity index (χ2n) is 6.25. The number of hydrogen-bond donors (Lipinski definition) is 4. The minimum atomic E-state index is -1.01. The fourth-order valence-electron chi connectivity index (χ4n) is 2.46. The van der Waals surface area contributed by atoms with Crippen LogP contribution in [0.1, 0.15) is 24.5 Å². The van der Waals surface area contributed by atoms with Gasteiger partial charge in [-0.2, -0.15) is 0 Å². The number of aliphatic hydroxyl groups is 1. The molecule has 1 aliphatic rings. The molecule has 2 aromatic carbocycles. The smallest absolute Gasteiger partial charge is 0.319 e. The van der Waals surface area contributed by atoms with Gasteiger partial charge in [-0.15, -0.1) is 0 Å². The highest BCUT2D eigenvalue weighted by Gasteiger charge is 2.29. The van der Waals surface area contributed by atoms with Crippen molar-refractivity contribution >= 4 is 23.3 Å². The van der Waals surface area contributed by atoms with Gasteiger partial charge in [-0.05, 0) is 48.7 Å². The van der Waals surface area contributed by atoms with Crippen LogP contribution in [-0.2, 0) is 4.79 Å². The molecule has 0 bridgehead atoms. The van der Waals surface area contributed by atoms with E-state index in [-0.39, 0.29) is 18.4 Å². The van der Waals surface area contributed by atoms with Crippen LogP contribution in [0.3, 0.4) is 0 Å². The first-order valence-electron chi connectivity index (χ1n) is 8.40. The van der Waals surface area contributed by atoms with E-state index in [1.807, 2.05) is 0 Å². The van der Waals surface area contributed by atoms with E-state index in [4.69, 9.17) is 0 Å². The summed E-state index contributed by atoms with van der Waals surface area (Å²) in [6.45, 7) is -0.0621. The number of nitrogens with one attached hydrogen (secondary N) is 3. The lowest BCUT2D eigenvalue weighted by Crippen LogP contribution is -2.32. The lowest BCUT2D eigenvalue weighted by molar-refractivity contribution is -0.117. The Morgan fingerprint density at radius 1 is 1.08 bits per heavy atom. The van der Waals surface area contributed by atoms with Crippen LogP contribution >= 0.6 is 0 Å². The second kappa shape index (κ2) is 7.97. The van der Waals surface area contributed by atoms with Gasteiger partial charge in [0.2, 0.25) is 5.91 Å². The quantitative estimate of drug-likeness (QED) is 0.640. The van der Waals surface area contributed by atoms with Crippen molar-refractivity contribution in [3.05, 3.63) is 59.9 Å². The summed E-state index contributed by atoms with van der Waals surface area (Å²) in [6, 6.07) is 11.9. The molecule has 6 nitrogen and oxygen atoms in total. The molecule has 4 N–H and O–H groups in total. The highest BCUT2D eigenvalue weighted by molar-refractivity contribution is 5.95. The van der Waals surface area contributed by atoms with Crippen molar-refractivity contribution in [1.82, 2.24) is 5.32 Å². The zero-order valence-electron chi connectivity index (χ0n) is 14.0. The summed E-state index contributed by atoms with van der Waals surface area (Å²) < 4.78 is 13.2. The molecule has 0 aromatic heterocycles. The van der Waals surface area contributed by atoms with Crippen molar-refractivity contribution in [2.45, 2.75) is 18.9 Å². The average Bonchev–Trinajstić information content (AvgIpc) is 3.45. The van der Waals surface area contributed by atoms with Gasteiger partial charge in [0.15, 0.2) is 0 Å². The van der Waals surface area contributed by atoms with Gasteiger partial charge in [-0.3, -0.25) is 4.79 Å². The van der Waals surface area contributed by atoms with Gasteiger partial charge in [-0.1, -0.05) is 18.2 Å².